The first-order valence-corrected chi connectivity index (χ1v) is 8.68. The fraction of sp³-hybridized carbons (Fsp3) is 0.667. The largest absolute Gasteiger partial charge is 0.329 e. The summed E-state index contributed by atoms with van der Waals surface area (Å²) in [7, 11) is -0.327. The maximum Gasteiger partial charge on any atom is 0.328 e. The van der Waals surface area contributed by atoms with Gasteiger partial charge < -0.3 is 13.9 Å². The highest BCUT2D eigenvalue weighted by Gasteiger charge is 2.72. The Morgan fingerprint density at radius 2 is 2.38 bits per heavy atom. The highest BCUT2D eigenvalue weighted by atomic mass is 31.1. The molecule has 24 heavy (non-hydrogen) atoms. The van der Waals surface area contributed by atoms with Crippen molar-refractivity contribution in [3.8, 4) is 0 Å². The third-order valence-electron chi connectivity index (χ3n) is 5.14. The number of H-pyrrole nitrogens is 1. The zero-order chi connectivity index (χ0) is 17.3. The molecule has 1 aromatic heterocycles. The second-order valence-corrected chi connectivity index (χ2v) is 6.89. The number of aromatic amines is 1. The van der Waals surface area contributed by atoms with Crippen LogP contribution in [0.15, 0.2) is 21.9 Å². The summed E-state index contributed by atoms with van der Waals surface area (Å²) in [4.78, 5) is 28.6. The molecule has 0 aromatic carbocycles. The quantitative estimate of drug-likeness (QED) is 0.459. The maximum absolute atomic E-state index is 15.0. The minimum absolute atomic E-state index is 0.0131. The molecule has 2 saturated carbocycles. The van der Waals surface area contributed by atoms with E-state index in [0.717, 1.165) is 12.8 Å². The second kappa shape index (κ2) is 6.75. The van der Waals surface area contributed by atoms with E-state index in [4.69, 9.17) is 15.6 Å². The Balaban J connectivity index is 1.76. The van der Waals surface area contributed by atoms with Crippen LogP contribution in [0.2, 0.25) is 0 Å². The normalized spacial score (nSPS) is 34.4. The second-order valence-electron chi connectivity index (χ2n) is 6.20. The van der Waals surface area contributed by atoms with Gasteiger partial charge in [-0.2, -0.15) is 0 Å². The number of rotatable bonds is 7. The number of alkyl halides is 1. The van der Waals surface area contributed by atoms with E-state index < -0.39 is 29.6 Å². The summed E-state index contributed by atoms with van der Waals surface area (Å²) in [6.07, 6.45) is 0.918. The van der Waals surface area contributed by atoms with Crippen molar-refractivity contribution in [1.29, 1.82) is 0 Å². The van der Waals surface area contributed by atoms with Gasteiger partial charge >= 0.3 is 5.69 Å². The van der Waals surface area contributed by atoms with E-state index in [1.807, 2.05) is 6.92 Å². The smallest absolute Gasteiger partial charge is 0.328 e. The summed E-state index contributed by atoms with van der Waals surface area (Å²) < 4.78 is 27.2. The summed E-state index contributed by atoms with van der Waals surface area (Å²) in [5, 5.41) is 0. The van der Waals surface area contributed by atoms with Crippen LogP contribution in [0.5, 0.6) is 0 Å². The molecule has 0 spiro atoms. The molecular weight excluding hydrogens is 336 g/mol. The van der Waals surface area contributed by atoms with E-state index in [-0.39, 0.29) is 33.5 Å². The third kappa shape index (κ3) is 2.81. The molecule has 6 atom stereocenters. The highest BCUT2D eigenvalue weighted by molar-refractivity contribution is 7.26. The van der Waals surface area contributed by atoms with Gasteiger partial charge in [0.15, 0.2) is 9.03 Å². The van der Waals surface area contributed by atoms with Crippen LogP contribution in [0.3, 0.4) is 0 Å². The van der Waals surface area contributed by atoms with Crippen molar-refractivity contribution >= 4 is 9.03 Å². The molecule has 1 N–H and O–H groups in total. The zero-order valence-electron chi connectivity index (χ0n) is 13.2. The minimum atomic E-state index is -1.34. The van der Waals surface area contributed by atoms with Crippen LogP contribution in [0.4, 0.5) is 4.39 Å². The van der Waals surface area contributed by atoms with Gasteiger partial charge in [-0.05, 0) is 18.8 Å². The summed E-state index contributed by atoms with van der Waals surface area (Å²) in [6, 6.07) is 0.598. The standard InChI is InChI=1S/C15H19FN3O4P/c1-3-15-8-9(15)12(19-6-4-10(20)18-14(19)21)11(16)13(15)23-24-22-7-5-17-2/h4,6,9,11-13,24H,3,5,7-8H2,1H3,(H,18,20,21)/t9-,11+,12-,13+,15-/m1/s1. The first-order chi connectivity index (χ1) is 11.5. The molecule has 3 rings (SSSR count). The van der Waals surface area contributed by atoms with E-state index in [1.54, 1.807) is 0 Å². The first-order valence-electron chi connectivity index (χ1n) is 7.86. The van der Waals surface area contributed by atoms with E-state index in [9.17, 15) is 9.59 Å². The molecule has 0 amide bonds. The van der Waals surface area contributed by atoms with Crippen molar-refractivity contribution in [3.63, 3.8) is 0 Å². The number of aromatic nitrogens is 2. The van der Waals surface area contributed by atoms with E-state index in [1.165, 1.54) is 16.8 Å². The molecule has 1 aromatic rings. The van der Waals surface area contributed by atoms with Crippen LogP contribution in [0.25, 0.3) is 4.85 Å². The van der Waals surface area contributed by atoms with E-state index in [2.05, 4.69) is 9.83 Å². The van der Waals surface area contributed by atoms with Gasteiger partial charge in [0.25, 0.3) is 5.56 Å². The molecule has 9 heteroatoms. The van der Waals surface area contributed by atoms with Gasteiger partial charge in [0, 0.05) is 17.7 Å². The molecule has 1 unspecified atom stereocenters. The van der Waals surface area contributed by atoms with Gasteiger partial charge in [-0.1, -0.05) is 6.92 Å². The lowest BCUT2D eigenvalue weighted by atomic mass is 9.97. The molecular formula is C15H19FN3O4P. The Bertz CT molecular complexity index is 760. The van der Waals surface area contributed by atoms with Crippen molar-refractivity contribution in [1.82, 2.24) is 9.55 Å². The van der Waals surface area contributed by atoms with Crippen LogP contribution >= 0.6 is 9.03 Å². The van der Waals surface area contributed by atoms with Gasteiger partial charge in [-0.15, -0.1) is 0 Å². The van der Waals surface area contributed by atoms with Crippen molar-refractivity contribution in [2.75, 3.05) is 13.2 Å². The van der Waals surface area contributed by atoms with Gasteiger partial charge in [0.1, 0.15) is 18.9 Å². The summed E-state index contributed by atoms with van der Waals surface area (Å²) >= 11 is 0. The predicted molar refractivity (Wildman–Crippen MR) is 86.7 cm³/mol. The maximum atomic E-state index is 15.0. The summed E-state index contributed by atoms with van der Waals surface area (Å²) in [5.41, 5.74) is -1.37. The van der Waals surface area contributed by atoms with Crippen molar-refractivity contribution in [2.24, 2.45) is 11.3 Å². The molecule has 0 bridgehead atoms. The van der Waals surface area contributed by atoms with Crippen molar-refractivity contribution < 1.29 is 13.4 Å². The third-order valence-corrected chi connectivity index (χ3v) is 5.81. The topological polar surface area (TPSA) is 77.7 Å². The minimum Gasteiger partial charge on any atom is -0.329 e. The average Bonchev–Trinajstić information content (AvgIpc) is 3.23. The number of nitrogens with one attached hydrogen (secondary N) is 1. The van der Waals surface area contributed by atoms with Crippen LogP contribution in [0, 0.1) is 17.9 Å². The molecule has 2 fully saturated rings. The van der Waals surface area contributed by atoms with Gasteiger partial charge in [0.05, 0.1) is 6.04 Å². The van der Waals surface area contributed by atoms with E-state index >= 15 is 4.39 Å². The van der Waals surface area contributed by atoms with Crippen LogP contribution in [-0.2, 0) is 9.05 Å². The molecule has 0 aliphatic heterocycles. The molecule has 7 nitrogen and oxygen atoms in total. The Kier molecular flexibility index (Phi) is 4.86. The van der Waals surface area contributed by atoms with Crippen LogP contribution in [0.1, 0.15) is 25.8 Å². The molecule has 0 radical (unpaired) electrons. The van der Waals surface area contributed by atoms with Gasteiger partial charge in [0.2, 0.25) is 6.54 Å². The fourth-order valence-corrected chi connectivity index (χ4v) is 4.59. The first kappa shape index (κ1) is 17.3. The number of hydrogen-bond acceptors (Lipinski definition) is 4. The van der Waals surface area contributed by atoms with E-state index in [0.29, 0.717) is 0 Å². The summed E-state index contributed by atoms with van der Waals surface area (Å²) in [6.45, 7) is 9.18. The van der Waals surface area contributed by atoms with Crippen molar-refractivity contribution in [3.05, 3.63) is 44.5 Å². The van der Waals surface area contributed by atoms with Crippen LogP contribution < -0.4 is 11.2 Å². The van der Waals surface area contributed by atoms with Crippen molar-refractivity contribution in [2.45, 2.75) is 38.1 Å². The summed E-state index contributed by atoms with van der Waals surface area (Å²) in [5.74, 6) is 0.0131. The van der Waals surface area contributed by atoms with Crippen LogP contribution in [-0.4, -0.2) is 35.0 Å². The number of fused-ring (bicyclic) bond motifs is 1. The Labute approximate surface area is 139 Å². The number of hydrogen-bond donors (Lipinski definition) is 1. The molecule has 130 valence electrons. The van der Waals surface area contributed by atoms with Gasteiger partial charge in [-0.3, -0.25) is 14.3 Å². The lowest BCUT2D eigenvalue weighted by Gasteiger charge is -2.26. The molecule has 2 aliphatic rings. The van der Waals surface area contributed by atoms with Gasteiger partial charge in [-0.25, -0.2) is 15.8 Å². The molecule has 0 saturated heterocycles. The number of nitrogens with zero attached hydrogens (tertiary/aromatic N) is 2. The fourth-order valence-electron chi connectivity index (χ4n) is 3.87. The Morgan fingerprint density at radius 3 is 3.04 bits per heavy atom. The highest BCUT2D eigenvalue weighted by Crippen LogP contribution is 2.71. The Hall–Kier alpha value is -1.55. The number of halogens is 1. The SMILES string of the molecule is [C-]#[N+]CCOPO[C@H]1[C@@H](F)[C@H](n2ccc(=O)[nH]c2=O)[C@H]2C[C@]21CC. The predicted octanol–water partition coefficient (Wildman–Crippen LogP) is 1.68. The zero-order valence-corrected chi connectivity index (χ0v) is 14.2. The lowest BCUT2D eigenvalue weighted by Crippen LogP contribution is -2.38. The lowest BCUT2D eigenvalue weighted by molar-refractivity contribution is 0.0510. The Morgan fingerprint density at radius 1 is 1.58 bits per heavy atom. The monoisotopic (exact) mass is 355 g/mol. The molecule has 2 aliphatic carbocycles. The average molecular weight is 355 g/mol. The molecule has 1 heterocycles.